The Bertz CT molecular complexity index is 848. The number of carbonyl (C=O) groups excluding carboxylic acids is 1. The Balaban J connectivity index is 1.71. The molecule has 0 bridgehead atoms. The minimum atomic E-state index is -0.132. The van der Waals surface area contributed by atoms with E-state index >= 15 is 0 Å². The average molecular weight is 409 g/mol. The number of rotatable bonds is 6. The van der Waals surface area contributed by atoms with Gasteiger partial charge in [-0.1, -0.05) is 85.3 Å². The van der Waals surface area contributed by atoms with Gasteiger partial charge in [0.25, 0.3) is 0 Å². The molecule has 0 aliphatic heterocycles. The normalized spacial score (nSPS) is 26.0. The molecule has 3 aliphatic carbocycles. The number of fused-ring (bicyclic) bond motifs is 1. The number of hydrogen-bond donors (Lipinski definition) is 0. The second kappa shape index (κ2) is 8.02. The van der Waals surface area contributed by atoms with Crippen molar-refractivity contribution >= 4 is 5.97 Å². The molecule has 0 spiro atoms. The molecule has 3 aliphatic rings. The van der Waals surface area contributed by atoms with Crippen LogP contribution in [0.4, 0.5) is 0 Å². The van der Waals surface area contributed by atoms with Crippen LogP contribution < -0.4 is 0 Å². The Morgan fingerprint density at radius 3 is 2.40 bits per heavy atom. The summed E-state index contributed by atoms with van der Waals surface area (Å²) in [5.41, 5.74) is 6.14. The second-order valence-corrected chi connectivity index (χ2v) is 11.4. The first-order chi connectivity index (χ1) is 13.9. The molecule has 0 saturated heterocycles. The lowest BCUT2D eigenvalue weighted by molar-refractivity contribution is -0.138. The van der Waals surface area contributed by atoms with Crippen molar-refractivity contribution in [1.29, 1.82) is 0 Å². The molecular formula is C28H40O2. The third-order valence-corrected chi connectivity index (χ3v) is 7.23. The monoisotopic (exact) mass is 408 g/mol. The van der Waals surface area contributed by atoms with Crippen LogP contribution >= 0.6 is 0 Å². The van der Waals surface area contributed by atoms with E-state index in [1.165, 1.54) is 22.3 Å². The fraction of sp³-hybridized carbons (Fsp3) is 0.607. The maximum absolute atomic E-state index is 13.1. The van der Waals surface area contributed by atoms with Gasteiger partial charge < -0.3 is 4.74 Å². The SMILES string of the molecule is C=C(CCC)C1=CC=C(COC(=O)C2=CC(C(C)(C)C)=CC3(C(C)(C)C)CC23)CC1. The van der Waals surface area contributed by atoms with Crippen LogP contribution in [-0.4, -0.2) is 12.6 Å². The van der Waals surface area contributed by atoms with Crippen molar-refractivity contribution in [3.05, 3.63) is 58.7 Å². The largest absolute Gasteiger partial charge is 0.458 e. The Kier molecular flexibility index (Phi) is 6.11. The van der Waals surface area contributed by atoms with Crippen molar-refractivity contribution in [3.63, 3.8) is 0 Å². The summed E-state index contributed by atoms with van der Waals surface area (Å²) in [5.74, 6) is 0.160. The predicted octanol–water partition coefficient (Wildman–Crippen LogP) is 7.50. The molecule has 0 heterocycles. The predicted molar refractivity (Wildman–Crippen MR) is 126 cm³/mol. The Labute approximate surface area is 183 Å². The molecule has 0 radical (unpaired) electrons. The Morgan fingerprint density at radius 1 is 1.17 bits per heavy atom. The quantitative estimate of drug-likeness (QED) is 0.425. The number of carbonyl (C=O) groups is 1. The van der Waals surface area contributed by atoms with Crippen LogP contribution in [0.3, 0.4) is 0 Å². The average Bonchev–Trinajstić information content (AvgIpc) is 3.41. The molecule has 0 amide bonds. The summed E-state index contributed by atoms with van der Waals surface area (Å²) >= 11 is 0. The second-order valence-electron chi connectivity index (χ2n) is 11.4. The lowest BCUT2D eigenvalue weighted by Crippen LogP contribution is -2.28. The lowest BCUT2D eigenvalue weighted by atomic mass is 9.69. The van der Waals surface area contributed by atoms with Gasteiger partial charge in [-0.2, -0.15) is 0 Å². The summed E-state index contributed by atoms with van der Waals surface area (Å²) in [6, 6.07) is 0. The van der Waals surface area contributed by atoms with Crippen LogP contribution in [0, 0.1) is 22.2 Å². The van der Waals surface area contributed by atoms with Crippen LogP contribution in [0.15, 0.2) is 58.7 Å². The highest BCUT2D eigenvalue weighted by Gasteiger charge is 2.63. The minimum absolute atomic E-state index is 0.0192. The van der Waals surface area contributed by atoms with E-state index in [1.54, 1.807) is 0 Å². The number of esters is 1. The molecule has 30 heavy (non-hydrogen) atoms. The maximum Gasteiger partial charge on any atom is 0.334 e. The van der Waals surface area contributed by atoms with Gasteiger partial charge in [0.05, 0.1) is 0 Å². The van der Waals surface area contributed by atoms with Crippen molar-refractivity contribution in [2.75, 3.05) is 6.61 Å². The zero-order valence-electron chi connectivity index (χ0n) is 20.2. The first-order valence-corrected chi connectivity index (χ1v) is 11.6. The zero-order valence-corrected chi connectivity index (χ0v) is 20.2. The zero-order chi connectivity index (χ0) is 22.3. The van der Waals surface area contributed by atoms with Gasteiger partial charge in [-0.05, 0) is 59.3 Å². The van der Waals surface area contributed by atoms with E-state index in [2.05, 4.69) is 79.3 Å². The summed E-state index contributed by atoms with van der Waals surface area (Å²) in [4.78, 5) is 13.1. The molecule has 2 nitrogen and oxygen atoms in total. The third kappa shape index (κ3) is 4.43. The van der Waals surface area contributed by atoms with Gasteiger partial charge >= 0.3 is 5.97 Å². The third-order valence-electron chi connectivity index (χ3n) is 7.23. The van der Waals surface area contributed by atoms with Gasteiger partial charge in [-0.15, -0.1) is 0 Å². The van der Waals surface area contributed by atoms with Gasteiger partial charge in [0.2, 0.25) is 0 Å². The molecule has 164 valence electrons. The Morgan fingerprint density at radius 2 is 1.87 bits per heavy atom. The van der Waals surface area contributed by atoms with Crippen molar-refractivity contribution in [3.8, 4) is 0 Å². The van der Waals surface area contributed by atoms with E-state index in [1.807, 2.05) is 0 Å². The summed E-state index contributed by atoms with van der Waals surface area (Å²) in [6.45, 7) is 20.3. The maximum atomic E-state index is 13.1. The number of hydrogen-bond acceptors (Lipinski definition) is 2. The smallest absolute Gasteiger partial charge is 0.334 e. The van der Waals surface area contributed by atoms with Gasteiger partial charge in [-0.25, -0.2) is 4.79 Å². The summed E-state index contributed by atoms with van der Waals surface area (Å²) in [5, 5.41) is 0. The molecule has 2 heteroatoms. The van der Waals surface area contributed by atoms with Gasteiger partial charge in [0, 0.05) is 16.9 Å². The van der Waals surface area contributed by atoms with E-state index in [9.17, 15) is 4.79 Å². The van der Waals surface area contributed by atoms with E-state index in [0.29, 0.717) is 12.5 Å². The summed E-state index contributed by atoms with van der Waals surface area (Å²) < 4.78 is 5.83. The molecule has 3 rings (SSSR count). The van der Waals surface area contributed by atoms with Crippen molar-refractivity contribution in [2.24, 2.45) is 22.2 Å². The molecule has 1 saturated carbocycles. The highest BCUT2D eigenvalue weighted by Crippen LogP contribution is 2.69. The first-order valence-electron chi connectivity index (χ1n) is 11.6. The van der Waals surface area contributed by atoms with Crippen molar-refractivity contribution < 1.29 is 9.53 Å². The molecule has 0 aromatic carbocycles. The minimum Gasteiger partial charge on any atom is -0.458 e. The molecular weight excluding hydrogens is 368 g/mol. The van der Waals surface area contributed by atoms with E-state index < -0.39 is 0 Å². The number of allylic oxidation sites excluding steroid dienone is 7. The lowest BCUT2D eigenvalue weighted by Gasteiger charge is -2.35. The molecule has 0 aromatic rings. The number of ether oxygens (including phenoxy) is 1. The van der Waals surface area contributed by atoms with Gasteiger partial charge in [-0.3, -0.25) is 0 Å². The molecule has 0 N–H and O–H groups in total. The fourth-order valence-electron chi connectivity index (χ4n) is 4.89. The Hall–Kier alpha value is -1.83. The van der Waals surface area contributed by atoms with Crippen LogP contribution in [0.25, 0.3) is 0 Å². The summed E-state index contributed by atoms with van der Waals surface area (Å²) in [7, 11) is 0. The van der Waals surface area contributed by atoms with E-state index in [0.717, 1.165) is 37.7 Å². The summed E-state index contributed by atoms with van der Waals surface area (Å²) in [6.07, 6.45) is 14.0. The van der Waals surface area contributed by atoms with Gasteiger partial charge in [0.15, 0.2) is 0 Å². The van der Waals surface area contributed by atoms with Gasteiger partial charge in [0.1, 0.15) is 6.61 Å². The molecule has 0 aromatic heterocycles. The van der Waals surface area contributed by atoms with Crippen molar-refractivity contribution in [1.82, 2.24) is 0 Å². The molecule has 2 atom stereocenters. The van der Waals surface area contributed by atoms with Crippen LogP contribution in [0.1, 0.15) is 80.6 Å². The van der Waals surface area contributed by atoms with Crippen molar-refractivity contribution in [2.45, 2.75) is 80.6 Å². The van der Waals surface area contributed by atoms with Crippen LogP contribution in [0.2, 0.25) is 0 Å². The highest BCUT2D eigenvalue weighted by molar-refractivity contribution is 5.91. The topological polar surface area (TPSA) is 26.3 Å². The van der Waals surface area contributed by atoms with Crippen LogP contribution in [-0.2, 0) is 9.53 Å². The first kappa shape index (κ1) is 22.8. The van der Waals surface area contributed by atoms with E-state index in [-0.39, 0.29) is 22.2 Å². The standard InChI is InChI=1S/C28H40O2/c1-9-10-19(2)21-13-11-20(12-14-21)18-30-25(29)23-15-22(26(3,4)5)16-28(17-24(23)28)27(6,7)8/h11,13,15-16,24H,2,9-10,12,14,17-18H2,1,3-8H3. The molecule has 2 unspecified atom stereocenters. The highest BCUT2D eigenvalue weighted by atomic mass is 16.5. The fourth-order valence-corrected chi connectivity index (χ4v) is 4.89. The van der Waals surface area contributed by atoms with Crippen LogP contribution in [0.5, 0.6) is 0 Å². The van der Waals surface area contributed by atoms with E-state index in [4.69, 9.17) is 4.74 Å². The molecule has 1 fully saturated rings.